The highest BCUT2D eigenvalue weighted by atomic mass is 79.9. The van der Waals surface area contributed by atoms with E-state index in [1.807, 2.05) is 6.07 Å². The summed E-state index contributed by atoms with van der Waals surface area (Å²) in [6.07, 6.45) is 4.45. The van der Waals surface area contributed by atoms with Crippen molar-refractivity contribution >= 4 is 15.9 Å². The van der Waals surface area contributed by atoms with Gasteiger partial charge >= 0.3 is 0 Å². The lowest BCUT2D eigenvalue weighted by molar-refractivity contribution is 0.849. The molecule has 2 rings (SSSR count). The summed E-state index contributed by atoms with van der Waals surface area (Å²) in [7, 11) is 0. The molecule has 0 amide bonds. The highest BCUT2D eigenvalue weighted by molar-refractivity contribution is 9.09. The first kappa shape index (κ1) is 11.3. The smallest absolute Gasteiger partial charge is 0.142 e. The third-order valence-corrected chi connectivity index (χ3v) is 3.13. The molecule has 1 heterocycles. The molecule has 0 saturated carbocycles. The molecule has 1 atom stereocenters. The third kappa shape index (κ3) is 2.89. The van der Waals surface area contributed by atoms with Gasteiger partial charge in [-0.3, -0.25) is 0 Å². The van der Waals surface area contributed by atoms with Crippen LogP contribution in [0.15, 0.2) is 42.7 Å². The molecule has 0 saturated heterocycles. The predicted molar refractivity (Wildman–Crippen MR) is 68.6 cm³/mol. The first-order valence-corrected chi connectivity index (χ1v) is 6.14. The van der Waals surface area contributed by atoms with Gasteiger partial charge in [-0.05, 0) is 25.0 Å². The molecule has 1 unspecified atom stereocenters. The van der Waals surface area contributed by atoms with Gasteiger partial charge in [0.2, 0.25) is 0 Å². The number of hydrogen-bond donors (Lipinski definition) is 0. The van der Waals surface area contributed by atoms with Crippen LogP contribution in [0.1, 0.15) is 21.8 Å². The topological polar surface area (TPSA) is 25.8 Å². The summed E-state index contributed by atoms with van der Waals surface area (Å²) in [4.78, 5) is 8.65. The van der Waals surface area contributed by atoms with Crippen LogP contribution in [0.4, 0.5) is 0 Å². The summed E-state index contributed by atoms with van der Waals surface area (Å²) in [6, 6.07) is 10.4. The average Bonchev–Trinajstić information content (AvgIpc) is 2.33. The van der Waals surface area contributed by atoms with Gasteiger partial charge in [0.1, 0.15) is 5.82 Å². The minimum Gasteiger partial charge on any atom is -0.240 e. The number of aryl methyl sites for hydroxylation is 1. The molecule has 2 aromatic rings. The molecule has 3 heteroatoms. The number of halogens is 1. The number of benzene rings is 1. The van der Waals surface area contributed by atoms with E-state index in [1.165, 1.54) is 11.1 Å². The molecule has 0 aliphatic heterocycles. The molecular formula is C13H13BrN2. The van der Waals surface area contributed by atoms with Crippen molar-refractivity contribution in [2.45, 2.75) is 18.2 Å². The molecule has 0 aliphatic carbocycles. The van der Waals surface area contributed by atoms with Crippen molar-refractivity contribution < 1.29 is 0 Å². The average molecular weight is 277 g/mol. The monoisotopic (exact) mass is 276 g/mol. The molecule has 1 aromatic carbocycles. The van der Waals surface area contributed by atoms with Crippen LogP contribution in [0.3, 0.4) is 0 Å². The maximum Gasteiger partial charge on any atom is 0.142 e. The largest absolute Gasteiger partial charge is 0.240 e. The molecular weight excluding hydrogens is 264 g/mol. The summed E-state index contributed by atoms with van der Waals surface area (Å²) < 4.78 is 0. The van der Waals surface area contributed by atoms with Gasteiger partial charge in [0, 0.05) is 12.4 Å². The third-order valence-electron chi connectivity index (χ3n) is 2.40. The van der Waals surface area contributed by atoms with Gasteiger partial charge in [-0.15, -0.1) is 0 Å². The SMILES string of the molecule is Cc1ccc(CC(Br)c2ncccn2)cc1. The number of aromatic nitrogens is 2. The van der Waals surface area contributed by atoms with Gasteiger partial charge < -0.3 is 0 Å². The van der Waals surface area contributed by atoms with E-state index in [1.54, 1.807) is 12.4 Å². The van der Waals surface area contributed by atoms with E-state index in [4.69, 9.17) is 0 Å². The molecule has 16 heavy (non-hydrogen) atoms. The molecule has 0 radical (unpaired) electrons. The number of alkyl halides is 1. The summed E-state index contributed by atoms with van der Waals surface area (Å²) >= 11 is 3.62. The molecule has 1 aromatic heterocycles. The van der Waals surface area contributed by atoms with Crippen molar-refractivity contribution in [1.29, 1.82) is 0 Å². The molecule has 82 valence electrons. The Morgan fingerprint density at radius 2 is 1.75 bits per heavy atom. The Kier molecular flexibility index (Phi) is 3.67. The van der Waals surface area contributed by atoms with Crippen molar-refractivity contribution in [2.75, 3.05) is 0 Å². The fourth-order valence-electron chi connectivity index (χ4n) is 1.49. The minimum absolute atomic E-state index is 0.177. The molecule has 0 N–H and O–H groups in total. The van der Waals surface area contributed by atoms with E-state index in [2.05, 4.69) is 57.1 Å². The van der Waals surface area contributed by atoms with Crippen molar-refractivity contribution in [3.05, 3.63) is 59.7 Å². The van der Waals surface area contributed by atoms with E-state index in [9.17, 15) is 0 Å². The Bertz CT molecular complexity index is 439. The van der Waals surface area contributed by atoms with E-state index in [0.29, 0.717) is 0 Å². The van der Waals surface area contributed by atoms with E-state index < -0.39 is 0 Å². The fourth-order valence-corrected chi connectivity index (χ4v) is 2.11. The minimum atomic E-state index is 0.177. The molecule has 0 aliphatic rings. The fraction of sp³-hybridized carbons (Fsp3) is 0.231. The van der Waals surface area contributed by atoms with Gasteiger partial charge in [0.05, 0.1) is 4.83 Å². The first-order valence-electron chi connectivity index (χ1n) is 5.22. The quantitative estimate of drug-likeness (QED) is 0.803. The van der Waals surface area contributed by atoms with Crippen LogP contribution in [0.5, 0.6) is 0 Å². The second-order valence-corrected chi connectivity index (χ2v) is 4.87. The lowest BCUT2D eigenvalue weighted by Crippen LogP contribution is -2.00. The van der Waals surface area contributed by atoms with Crippen molar-refractivity contribution in [3.63, 3.8) is 0 Å². The van der Waals surface area contributed by atoms with Gasteiger partial charge in [0.25, 0.3) is 0 Å². The second kappa shape index (κ2) is 5.21. The second-order valence-electron chi connectivity index (χ2n) is 3.76. The van der Waals surface area contributed by atoms with Crippen LogP contribution in [-0.4, -0.2) is 9.97 Å². The lowest BCUT2D eigenvalue weighted by Gasteiger charge is -2.08. The van der Waals surface area contributed by atoms with Crippen molar-refractivity contribution in [1.82, 2.24) is 9.97 Å². The number of hydrogen-bond acceptors (Lipinski definition) is 2. The van der Waals surface area contributed by atoms with Crippen LogP contribution in [-0.2, 0) is 6.42 Å². The molecule has 0 fully saturated rings. The van der Waals surface area contributed by atoms with Crippen LogP contribution in [0.2, 0.25) is 0 Å². The maximum atomic E-state index is 4.23. The van der Waals surface area contributed by atoms with Gasteiger partial charge in [-0.2, -0.15) is 0 Å². The highest BCUT2D eigenvalue weighted by Gasteiger charge is 2.10. The normalized spacial score (nSPS) is 12.4. The Balaban J connectivity index is 2.08. The van der Waals surface area contributed by atoms with Crippen LogP contribution in [0, 0.1) is 6.92 Å². The Morgan fingerprint density at radius 1 is 1.12 bits per heavy atom. The lowest BCUT2D eigenvalue weighted by atomic mass is 10.1. The molecule has 2 nitrogen and oxygen atoms in total. The van der Waals surface area contributed by atoms with E-state index in [-0.39, 0.29) is 4.83 Å². The van der Waals surface area contributed by atoms with Crippen molar-refractivity contribution in [3.8, 4) is 0 Å². The summed E-state index contributed by atoms with van der Waals surface area (Å²) in [5, 5.41) is 0. The summed E-state index contributed by atoms with van der Waals surface area (Å²) in [6.45, 7) is 2.09. The maximum absolute atomic E-state index is 4.23. The first-order chi connectivity index (χ1) is 7.75. The summed E-state index contributed by atoms with van der Waals surface area (Å²) in [5.41, 5.74) is 2.57. The van der Waals surface area contributed by atoms with E-state index >= 15 is 0 Å². The summed E-state index contributed by atoms with van der Waals surface area (Å²) in [5.74, 6) is 0.836. The molecule has 0 bridgehead atoms. The Labute approximate surface area is 104 Å². The number of nitrogens with zero attached hydrogens (tertiary/aromatic N) is 2. The standard InChI is InChI=1S/C13H13BrN2/c1-10-3-5-11(6-4-10)9-12(14)13-15-7-2-8-16-13/h2-8,12H,9H2,1H3. The Hall–Kier alpha value is -1.22. The van der Waals surface area contributed by atoms with E-state index in [0.717, 1.165) is 12.2 Å². The van der Waals surface area contributed by atoms with Crippen LogP contribution < -0.4 is 0 Å². The zero-order valence-corrected chi connectivity index (χ0v) is 10.7. The van der Waals surface area contributed by atoms with Gasteiger partial charge in [0.15, 0.2) is 0 Å². The number of rotatable bonds is 3. The Morgan fingerprint density at radius 3 is 2.38 bits per heavy atom. The predicted octanol–water partition coefficient (Wildman–Crippen LogP) is 3.46. The van der Waals surface area contributed by atoms with Crippen LogP contribution in [0.25, 0.3) is 0 Å². The van der Waals surface area contributed by atoms with Crippen LogP contribution >= 0.6 is 15.9 Å². The van der Waals surface area contributed by atoms with Crippen molar-refractivity contribution in [2.24, 2.45) is 0 Å². The van der Waals surface area contributed by atoms with Gasteiger partial charge in [-0.25, -0.2) is 9.97 Å². The molecule has 0 spiro atoms. The highest BCUT2D eigenvalue weighted by Crippen LogP contribution is 2.23. The van der Waals surface area contributed by atoms with Gasteiger partial charge in [-0.1, -0.05) is 45.8 Å². The zero-order valence-electron chi connectivity index (χ0n) is 9.10. The zero-order chi connectivity index (χ0) is 11.4.